The first-order valence-corrected chi connectivity index (χ1v) is 5.48. The molecule has 5 nitrogen and oxygen atoms in total. The van der Waals surface area contributed by atoms with Gasteiger partial charge in [0.15, 0.2) is 5.82 Å². The maximum absolute atomic E-state index is 10.5. The number of carboxylic acid groups (broad SMARTS) is 1. The number of rotatable bonds is 3. The largest absolute Gasteiger partial charge is 0.474 e. The van der Waals surface area contributed by atoms with Crippen LogP contribution in [0.2, 0.25) is 0 Å². The van der Waals surface area contributed by atoms with Crippen molar-refractivity contribution in [1.82, 2.24) is 10.1 Å². The monoisotopic (exact) mass is 214 g/mol. The Balaban J connectivity index is 1.98. The molecule has 2 rings (SSSR count). The molecule has 1 unspecified atom stereocenters. The van der Waals surface area contributed by atoms with Gasteiger partial charge in [-0.3, -0.25) is 0 Å². The zero-order chi connectivity index (χ0) is 9.97. The minimum Gasteiger partial charge on any atom is -0.474 e. The lowest BCUT2D eigenvalue weighted by atomic mass is 10.2. The highest BCUT2D eigenvalue weighted by molar-refractivity contribution is 8.00. The predicted octanol–water partition coefficient (Wildman–Crippen LogP) is 1.21. The lowest BCUT2D eigenvalue weighted by Crippen LogP contribution is -2.04. The number of thioether (sulfide) groups is 1. The van der Waals surface area contributed by atoms with Gasteiger partial charge in [0, 0.05) is 11.7 Å². The molecule has 0 spiro atoms. The van der Waals surface area contributed by atoms with Gasteiger partial charge in [-0.05, 0) is 18.6 Å². The molecule has 0 aromatic carbocycles. The number of carbonyl (C=O) groups is 1. The van der Waals surface area contributed by atoms with E-state index in [-0.39, 0.29) is 5.89 Å². The molecule has 0 aliphatic carbocycles. The summed E-state index contributed by atoms with van der Waals surface area (Å²) in [6.07, 6.45) is 3.09. The topological polar surface area (TPSA) is 76.2 Å². The Kier molecular flexibility index (Phi) is 2.72. The molecule has 2 heterocycles. The van der Waals surface area contributed by atoms with Gasteiger partial charge in [0.2, 0.25) is 0 Å². The van der Waals surface area contributed by atoms with Crippen LogP contribution in [-0.4, -0.2) is 32.2 Å². The fraction of sp³-hybridized carbons (Fsp3) is 0.625. The molecule has 14 heavy (non-hydrogen) atoms. The molecule has 0 bridgehead atoms. The number of hydrogen-bond acceptors (Lipinski definition) is 5. The molecule has 76 valence electrons. The molecular weight excluding hydrogens is 204 g/mol. The molecule has 0 saturated carbocycles. The summed E-state index contributed by atoms with van der Waals surface area (Å²) in [6, 6.07) is 0. The van der Waals surface area contributed by atoms with Crippen LogP contribution < -0.4 is 0 Å². The summed E-state index contributed by atoms with van der Waals surface area (Å²) in [5.74, 6) is 0.196. The van der Waals surface area contributed by atoms with E-state index < -0.39 is 5.97 Å². The van der Waals surface area contributed by atoms with Gasteiger partial charge in [-0.1, -0.05) is 5.16 Å². The highest BCUT2D eigenvalue weighted by atomic mass is 32.2. The second kappa shape index (κ2) is 4.00. The van der Waals surface area contributed by atoms with Crippen LogP contribution in [0, 0.1) is 0 Å². The summed E-state index contributed by atoms with van der Waals surface area (Å²) in [5.41, 5.74) is 0. The van der Waals surface area contributed by atoms with E-state index in [4.69, 9.17) is 5.11 Å². The van der Waals surface area contributed by atoms with Crippen molar-refractivity contribution in [2.75, 3.05) is 5.75 Å². The maximum atomic E-state index is 10.5. The van der Waals surface area contributed by atoms with Gasteiger partial charge in [0.05, 0.1) is 0 Å². The van der Waals surface area contributed by atoms with Gasteiger partial charge >= 0.3 is 11.9 Å². The molecule has 6 heteroatoms. The zero-order valence-electron chi connectivity index (χ0n) is 7.47. The van der Waals surface area contributed by atoms with Gasteiger partial charge in [0.25, 0.3) is 0 Å². The highest BCUT2D eigenvalue weighted by Gasteiger charge is 2.20. The average Bonchev–Trinajstić information content (AvgIpc) is 2.75. The van der Waals surface area contributed by atoms with Gasteiger partial charge in [0.1, 0.15) is 0 Å². The van der Waals surface area contributed by atoms with E-state index in [0.717, 1.165) is 6.42 Å². The molecule has 1 aliphatic rings. The predicted molar refractivity (Wildman–Crippen MR) is 50.4 cm³/mol. The third kappa shape index (κ3) is 2.06. The number of hydrogen-bond donors (Lipinski definition) is 1. The normalized spacial score (nSPS) is 21.3. The summed E-state index contributed by atoms with van der Waals surface area (Å²) >= 11 is 1.89. The molecule has 1 fully saturated rings. The fourth-order valence-electron chi connectivity index (χ4n) is 1.43. The second-order valence-corrected chi connectivity index (χ2v) is 4.57. The Bertz CT molecular complexity index is 333. The summed E-state index contributed by atoms with van der Waals surface area (Å²) < 4.78 is 4.57. The van der Waals surface area contributed by atoms with Gasteiger partial charge < -0.3 is 9.63 Å². The van der Waals surface area contributed by atoms with Gasteiger partial charge in [-0.2, -0.15) is 16.7 Å². The first-order chi connectivity index (χ1) is 6.75. The number of nitrogens with zero attached hydrogens (tertiary/aromatic N) is 2. The maximum Gasteiger partial charge on any atom is 0.394 e. The third-order valence-corrected chi connectivity index (χ3v) is 3.48. The van der Waals surface area contributed by atoms with Crippen LogP contribution in [0.1, 0.15) is 29.4 Å². The van der Waals surface area contributed by atoms with Crippen LogP contribution in [0.4, 0.5) is 0 Å². The Morgan fingerprint density at radius 3 is 3.14 bits per heavy atom. The number of carboxylic acids is 1. The van der Waals surface area contributed by atoms with Gasteiger partial charge in [-0.25, -0.2) is 4.79 Å². The number of aromatic nitrogens is 2. The van der Waals surface area contributed by atoms with E-state index in [1.807, 2.05) is 11.8 Å². The Labute approximate surface area is 84.9 Å². The van der Waals surface area contributed by atoms with Crippen molar-refractivity contribution in [3.63, 3.8) is 0 Å². The van der Waals surface area contributed by atoms with Crippen molar-refractivity contribution in [3.8, 4) is 0 Å². The smallest absolute Gasteiger partial charge is 0.394 e. The standard InChI is InChI=1S/C8H10N2O3S/c11-8(12)7-9-6(10-13-7)4-5-2-1-3-14-5/h5H,1-4H2,(H,11,12). The summed E-state index contributed by atoms with van der Waals surface area (Å²) in [5, 5.41) is 12.7. The Hall–Kier alpha value is -1.04. The van der Waals surface area contributed by atoms with Crippen LogP contribution in [0.5, 0.6) is 0 Å². The molecule has 1 aliphatic heterocycles. The zero-order valence-corrected chi connectivity index (χ0v) is 8.29. The van der Waals surface area contributed by atoms with Crippen molar-refractivity contribution in [2.45, 2.75) is 24.5 Å². The molecule has 1 N–H and O–H groups in total. The van der Waals surface area contributed by atoms with Gasteiger partial charge in [-0.15, -0.1) is 0 Å². The van der Waals surface area contributed by atoms with E-state index >= 15 is 0 Å². The molecule has 0 radical (unpaired) electrons. The van der Waals surface area contributed by atoms with Crippen molar-refractivity contribution in [2.24, 2.45) is 0 Å². The molecular formula is C8H10N2O3S. The van der Waals surface area contributed by atoms with E-state index in [1.54, 1.807) is 0 Å². The second-order valence-electron chi connectivity index (χ2n) is 3.16. The summed E-state index contributed by atoms with van der Waals surface area (Å²) in [7, 11) is 0. The Morgan fingerprint density at radius 1 is 1.71 bits per heavy atom. The third-order valence-electron chi connectivity index (χ3n) is 2.09. The molecule has 1 atom stereocenters. The number of aromatic carboxylic acids is 1. The molecule has 1 aromatic rings. The van der Waals surface area contributed by atoms with E-state index in [2.05, 4.69) is 14.7 Å². The van der Waals surface area contributed by atoms with Crippen molar-refractivity contribution in [1.29, 1.82) is 0 Å². The van der Waals surface area contributed by atoms with Crippen LogP contribution in [-0.2, 0) is 6.42 Å². The first kappa shape index (κ1) is 9.51. The molecule has 0 amide bonds. The minimum atomic E-state index is -1.16. The van der Waals surface area contributed by atoms with E-state index in [1.165, 1.54) is 12.2 Å². The van der Waals surface area contributed by atoms with E-state index in [9.17, 15) is 4.79 Å². The molecule has 1 saturated heterocycles. The van der Waals surface area contributed by atoms with Crippen LogP contribution in [0.3, 0.4) is 0 Å². The highest BCUT2D eigenvalue weighted by Crippen LogP contribution is 2.28. The van der Waals surface area contributed by atoms with E-state index in [0.29, 0.717) is 17.5 Å². The minimum absolute atomic E-state index is 0.317. The summed E-state index contributed by atoms with van der Waals surface area (Å²) in [6.45, 7) is 0. The van der Waals surface area contributed by atoms with Crippen LogP contribution in [0.25, 0.3) is 0 Å². The van der Waals surface area contributed by atoms with Crippen molar-refractivity contribution in [3.05, 3.63) is 11.7 Å². The van der Waals surface area contributed by atoms with Crippen LogP contribution >= 0.6 is 11.8 Å². The van der Waals surface area contributed by atoms with Crippen LogP contribution in [0.15, 0.2) is 4.52 Å². The van der Waals surface area contributed by atoms with Crippen molar-refractivity contribution < 1.29 is 14.4 Å². The lowest BCUT2D eigenvalue weighted by Gasteiger charge is -2.02. The fourth-order valence-corrected chi connectivity index (χ4v) is 2.70. The summed E-state index contributed by atoms with van der Waals surface area (Å²) in [4.78, 5) is 14.2. The molecule has 1 aromatic heterocycles. The SMILES string of the molecule is O=C(O)c1nc(CC2CCCS2)no1. The Morgan fingerprint density at radius 2 is 2.57 bits per heavy atom. The lowest BCUT2D eigenvalue weighted by molar-refractivity contribution is 0.0643. The van der Waals surface area contributed by atoms with Crippen molar-refractivity contribution >= 4 is 17.7 Å². The average molecular weight is 214 g/mol. The quantitative estimate of drug-likeness (QED) is 0.814. The first-order valence-electron chi connectivity index (χ1n) is 4.43.